The van der Waals surface area contributed by atoms with E-state index < -0.39 is 5.92 Å². The maximum Gasteiger partial charge on any atom is 0.229 e. The quantitative estimate of drug-likeness (QED) is 0.892. The Labute approximate surface area is 145 Å². The first-order chi connectivity index (χ1) is 12.0. The fourth-order valence-corrected chi connectivity index (χ4v) is 2.74. The molecule has 0 bridgehead atoms. The lowest BCUT2D eigenvalue weighted by atomic mass is 10.1. The second-order valence-electron chi connectivity index (χ2n) is 5.86. The molecular formula is C18H18N4O3. The fourth-order valence-electron chi connectivity index (χ4n) is 2.74. The predicted octanol–water partition coefficient (Wildman–Crippen LogP) is 2.03. The van der Waals surface area contributed by atoms with Gasteiger partial charge in [-0.1, -0.05) is 0 Å². The van der Waals surface area contributed by atoms with Crippen molar-refractivity contribution in [3.63, 3.8) is 0 Å². The largest absolute Gasteiger partial charge is 0.326 e. The Hall–Kier alpha value is -3.22. The number of carbonyl (C=O) groups is 3. The second-order valence-corrected chi connectivity index (χ2v) is 5.86. The zero-order valence-electron chi connectivity index (χ0n) is 13.7. The topological polar surface area (TPSA) is 91.4 Å². The highest BCUT2D eigenvalue weighted by Crippen LogP contribution is 2.27. The van der Waals surface area contributed by atoms with Gasteiger partial charge in [0.25, 0.3) is 0 Å². The summed E-state index contributed by atoms with van der Waals surface area (Å²) < 4.78 is 0. The first-order valence-electron chi connectivity index (χ1n) is 7.92. The summed E-state index contributed by atoms with van der Waals surface area (Å²) in [7, 11) is 0. The van der Waals surface area contributed by atoms with E-state index >= 15 is 0 Å². The number of hydrogen-bond donors (Lipinski definition) is 2. The summed E-state index contributed by atoms with van der Waals surface area (Å²) in [6.45, 7) is 1.76. The first-order valence-corrected chi connectivity index (χ1v) is 7.92. The number of anilines is 3. The van der Waals surface area contributed by atoms with Gasteiger partial charge in [-0.25, -0.2) is 0 Å². The SMILES string of the molecule is CC(=O)Nc1ccc(N2C[C@H](C(=O)Nc3ccncc3)CC2=O)cc1. The van der Waals surface area contributed by atoms with Crippen LogP contribution < -0.4 is 15.5 Å². The van der Waals surface area contributed by atoms with E-state index in [4.69, 9.17) is 0 Å². The van der Waals surface area contributed by atoms with Crippen molar-refractivity contribution in [3.8, 4) is 0 Å². The van der Waals surface area contributed by atoms with Crippen molar-refractivity contribution in [1.82, 2.24) is 4.98 Å². The number of hydrogen-bond acceptors (Lipinski definition) is 4. The summed E-state index contributed by atoms with van der Waals surface area (Å²) in [6, 6.07) is 10.4. The monoisotopic (exact) mass is 338 g/mol. The van der Waals surface area contributed by atoms with Crippen LogP contribution in [0.25, 0.3) is 0 Å². The molecule has 7 nitrogen and oxygen atoms in total. The number of nitrogens with one attached hydrogen (secondary N) is 2. The van der Waals surface area contributed by atoms with Crippen molar-refractivity contribution in [3.05, 3.63) is 48.8 Å². The van der Waals surface area contributed by atoms with Gasteiger partial charge < -0.3 is 15.5 Å². The van der Waals surface area contributed by atoms with Crippen LogP contribution >= 0.6 is 0 Å². The molecule has 0 aliphatic carbocycles. The molecule has 25 heavy (non-hydrogen) atoms. The number of nitrogens with zero attached hydrogens (tertiary/aromatic N) is 2. The van der Waals surface area contributed by atoms with Crippen LogP contribution in [0.3, 0.4) is 0 Å². The molecule has 1 atom stereocenters. The Morgan fingerprint density at radius 2 is 1.68 bits per heavy atom. The van der Waals surface area contributed by atoms with E-state index in [1.807, 2.05) is 0 Å². The summed E-state index contributed by atoms with van der Waals surface area (Å²) in [6.07, 6.45) is 3.36. The van der Waals surface area contributed by atoms with E-state index in [9.17, 15) is 14.4 Å². The Balaban J connectivity index is 1.65. The molecule has 1 fully saturated rings. The van der Waals surface area contributed by atoms with Crippen LogP contribution in [-0.4, -0.2) is 29.3 Å². The van der Waals surface area contributed by atoms with Gasteiger partial charge in [0.05, 0.1) is 5.92 Å². The third-order valence-electron chi connectivity index (χ3n) is 3.94. The zero-order chi connectivity index (χ0) is 17.8. The molecular weight excluding hydrogens is 320 g/mol. The number of amides is 3. The Morgan fingerprint density at radius 3 is 2.32 bits per heavy atom. The lowest BCUT2D eigenvalue weighted by Crippen LogP contribution is -2.28. The van der Waals surface area contributed by atoms with Gasteiger partial charge in [-0.05, 0) is 36.4 Å². The minimum Gasteiger partial charge on any atom is -0.326 e. The number of rotatable bonds is 4. The minimum atomic E-state index is -0.407. The zero-order valence-corrected chi connectivity index (χ0v) is 13.7. The molecule has 0 spiro atoms. The Morgan fingerprint density at radius 1 is 1.04 bits per heavy atom. The van der Waals surface area contributed by atoms with E-state index in [0.717, 1.165) is 0 Å². The van der Waals surface area contributed by atoms with Crippen molar-refractivity contribution in [2.75, 3.05) is 22.1 Å². The van der Waals surface area contributed by atoms with Gasteiger partial charge in [-0.3, -0.25) is 19.4 Å². The van der Waals surface area contributed by atoms with Gasteiger partial charge in [-0.2, -0.15) is 0 Å². The van der Waals surface area contributed by atoms with Crippen molar-refractivity contribution in [1.29, 1.82) is 0 Å². The molecule has 0 radical (unpaired) electrons. The summed E-state index contributed by atoms with van der Waals surface area (Å²) in [5.74, 6) is -0.840. The van der Waals surface area contributed by atoms with E-state index in [0.29, 0.717) is 23.6 Å². The van der Waals surface area contributed by atoms with Crippen molar-refractivity contribution in [2.45, 2.75) is 13.3 Å². The van der Waals surface area contributed by atoms with Gasteiger partial charge in [0.1, 0.15) is 0 Å². The van der Waals surface area contributed by atoms with Crippen LogP contribution in [0.4, 0.5) is 17.1 Å². The molecule has 1 aliphatic rings. The normalized spacial score (nSPS) is 16.6. The molecule has 1 aromatic heterocycles. The van der Waals surface area contributed by atoms with E-state index in [1.54, 1.807) is 53.7 Å². The van der Waals surface area contributed by atoms with Gasteiger partial charge in [0.15, 0.2) is 0 Å². The van der Waals surface area contributed by atoms with Gasteiger partial charge >= 0.3 is 0 Å². The number of carbonyl (C=O) groups excluding carboxylic acids is 3. The van der Waals surface area contributed by atoms with Crippen LogP contribution in [0.15, 0.2) is 48.8 Å². The molecule has 2 N–H and O–H groups in total. The number of pyridine rings is 1. The third-order valence-corrected chi connectivity index (χ3v) is 3.94. The highest BCUT2D eigenvalue weighted by atomic mass is 16.2. The average Bonchev–Trinajstić information content (AvgIpc) is 2.98. The molecule has 1 aliphatic heterocycles. The Kier molecular flexibility index (Phi) is 4.74. The molecule has 3 rings (SSSR count). The third kappa shape index (κ3) is 4.00. The highest BCUT2D eigenvalue weighted by Gasteiger charge is 2.35. The summed E-state index contributed by atoms with van der Waals surface area (Å²) in [4.78, 5) is 41.2. The molecule has 7 heteroatoms. The van der Waals surface area contributed by atoms with Crippen molar-refractivity contribution in [2.24, 2.45) is 5.92 Å². The molecule has 128 valence electrons. The molecule has 2 aromatic rings. The maximum absolute atomic E-state index is 12.4. The molecule has 1 aromatic carbocycles. The van der Waals surface area contributed by atoms with Gasteiger partial charge in [0.2, 0.25) is 17.7 Å². The maximum atomic E-state index is 12.4. The molecule has 1 saturated heterocycles. The average molecular weight is 338 g/mol. The van der Waals surface area contributed by atoms with E-state index in [1.165, 1.54) is 6.92 Å². The predicted molar refractivity (Wildman–Crippen MR) is 94.1 cm³/mol. The lowest BCUT2D eigenvalue weighted by Gasteiger charge is -2.17. The minimum absolute atomic E-state index is 0.0952. The van der Waals surface area contributed by atoms with Crippen molar-refractivity contribution < 1.29 is 14.4 Å². The smallest absolute Gasteiger partial charge is 0.229 e. The van der Waals surface area contributed by atoms with Gasteiger partial charge in [-0.15, -0.1) is 0 Å². The van der Waals surface area contributed by atoms with Crippen LogP contribution in [-0.2, 0) is 14.4 Å². The highest BCUT2D eigenvalue weighted by molar-refractivity contribution is 6.03. The molecule has 2 heterocycles. The fraction of sp³-hybridized carbons (Fsp3) is 0.222. The second kappa shape index (κ2) is 7.12. The molecule has 0 saturated carbocycles. The van der Waals surface area contributed by atoms with Crippen LogP contribution in [0.2, 0.25) is 0 Å². The summed E-state index contributed by atoms with van der Waals surface area (Å²) in [5.41, 5.74) is 2.03. The molecule has 3 amide bonds. The van der Waals surface area contributed by atoms with E-state index in [2.05, 4.69) is 15.6 Å². The van der Waals surface area contributed by atoms with Crippen molar-refractivity contribution >= 4 is 34.8 Å². The molecule has 0 unspecified atom stereocenters. The number of aromatic nitrogens is 1. The van der Waals surface area contributed by atoms with Crippen LogP contribution in [0.1, 0.15) is 13.3 Å². The van der Waals surface area contributed by atoms with Crippen LogP contribution in [0, 0.1) is 5.92 Å². The van der Waals surface area contributed by atoms with Crippen LogP contribution in [0.5, 0.6) is 0 Å². The summed E-state index contributed by atoms with van der Waals surface area (Å²) in [5, 5.41) is 5.48. The number of benzene rings is 1. The summed E-state index contributed by atoms with van der Waals surface area (Å²) >= 11 is 0. The Bertz CT molecular complexity index is 790. The standard InChI is InChI=1S/C18H18N4O3/c1-12(23)20-14-2-4-16(5-3-14)22-11-13(10-17(22)24)18(25)21-15-6-8-19-9-7-15/h2-9,13H,10-11H2,1H3,(H,20,23)(H,19,21,25)/t13-/m1/s1. The first kappa shape index (κ1) is 16.6. The lowest BCUT2D eigenvalue weighted by molar-refractivity contribution is -0.122. The van der Waals surface area contributed by atoms with Gasteiger partial charge in [0, 0.05) is 49.3 Å². The van der Waals surface area contributed by atoms with E-state index in [-0.39, 0.29) is 24.1 Å².